The van der Waals surface area contributed by atoms with Crippen molar-refractivity contribution < 1.29 is 8.42 Å². The summed E-state index contributed by atoms with van der Waals surface area (Å²) in [7, 11) is -3.08. The van der Waals surface area contributed by atoms with E-state index in [0.29, 0.717) is 19.5 Å². The van der Waals surface area contributed by atoms with Crippen molar-refractivity contribution in [1.29, 1.82) is 0 Å². The van der Waals surface area contributed by atoms with Gasteiger partial charge in [0.15, 0.2) is 0 Å². The van der Waals surface area contributed by atoms with Crippen LogP contribution in [0.2, 0.25) is 0 Å². The Balaban J connectivity index is 2.72. The molecule has 84 valence electrons. The molecule has 14 heavy (non-hydrogen) atoms. The van der Waals surface area contributed by atoms with E-state index in [1.807, 2.05) is 13.8 Å². The lowest BCUT2D eigenvalue weighted by atomic mass is 10.0. The lowest BCUT2D eigenvalue weighted by Crippen LogP contribution is -2.43. The molecule has 0 aromatic heterocycles. The largest absolute Gasteiger partial charge is 0.330 e. The van der Waals surface area contributed by atoms with Gasteiger partial charge in [0.25, 0.3) is 0 Å². The Kier molecular flexibility index (Phi) is 3.55. The third-order valence-corrected chi connectivity index (χ3v) is 4.92. The smallest absolute Gasteiger partial charge is 0.214 e. The summed E-state index contributed by atoms with van der Waals surface area (Å²) in [5, 5.41) is 0. The first-order valence-electron chi connectivity index (χ1n) is 5.11. The highest BCUT2D eigenvalue weighted by molar-refractivity contribution is 7.89. The van der Waals surface area contributed by atoms with Gasteiger partial charge in [-0.3, -0.25) is 0 Å². The van der Waals surface area contributed by atoms with Crippen molar-refractivity contribution in [1.82, 2.24) is 4.31 Å². The fraction of sp³-hybridized carbons (Fsp3) is 1.00. The lowest BCUT2D eigenvalue weighted by Gasteiger charge is -2.30. The first kappa shape index (κ1) is 11.9. The van der Waals surface area contributed by atoms with Gasteiger partial charge in [0.2, 0.25) is 10.0 Å². The van der Waals surface area contributed by atoms with Crippen LogP contribution < -0.4 is 5.73 Å². The van der Waals surface area contributed by atoms with Gasteiger partial charge in [-0.1, -0.05) is 0 Å². The fourth-order valence-corrected chi connectivity index (χ4v) is 3.98. The molecule has 0 radical (unpaired) electrons. The Bertz CT molecular complexity index is 285. The highest BCUT2D eigenvalue weighted by atomic mass is 32.2. The zero-order valence-electron chi connectivity index (χ0n) is 8.99. The summed E-state index contributed by atoms with van der Waals surface area (Å²) in [5.41, 5.74) is 5.12. The van der Waals surface area contributed by atoms with Gasteiger partial charge in [0.1, 0.15) is 0 Å². The number of sulfonamides is 1. The van der Waals surface area contributed by atoms with E-state index in [1.165, 1.54) is 0 Å². The Morgan fingerprint density at radius 1 is 1.43 bits per heavy atom. The third-order valence-electron chi connectivity index (χ3n) is 2.77. The molecule has 0 amide bonds. The number of nitrogens with zero attached hydrogens (tertiary/aromatic N) is 1. The van der Waals surface area contributed by atoms with E-state index >= 15 is 0 Å². The molecule has 2 N–H and O–H groups in total. The summed E-state index contributed by atoms with van der Waals surface area (Å²) in [6.45, 7) is 5.08. The normalized spacial score (nSPS) is 22.8. The number of rotatable bonds is 4. The van der Waals surface area contributed by atoms with Gasteiger partial charge >= 0.3 is 0 Å². The van der Waals surface area contributed by atoms with E-state index in [4.69, 9.17) is 5.73 Å². The number of hydrogen-bond donors (Lipinski definition) is 1. The van der Waals surface area contributed by atoms with Gasteiger partial charge in [-0.05, 0) is 39.7 Å². The van der Waals surface area contributed by atoms with E-state index in [0.717, 1.165) is 12.8 Å². The average Bonchev–Trinajstić information content (AvgIpc) is 2.42. The Morgan fingerprint density at radius 3 is 2.50 bits per heavy atom. The topological polar surface area (TPSA) is 63.4 Å². The standard InChI is InChI=1S/C9H20N2O2S/c1-9(2)5-3-7-11(9)14(12,13)8-4-6-10/h3-8,10H2,1-2H3. The van der Waals surface area contributed by atoms with E-state index in [2.05, 4.69) is 0 Å². The van der Waals surface area contributed by atoms with Crippen LogP contribution in [0, 0.1) is 0 Å². The molecule has 1 fully saturated rings. The molecule has 0 saturated carbocycles. The molecular formula is C9H20N2O2S. The molecule has 0 aromatic carbocycles. The summed E-state index contributed by atoms with van der Waals surface area (Å²) in [6.07, 6.45) is 2.47. The molecule has 0 unspecified atom stereocenters. The van der Waals surface area contributed by atoms with Crippen LogP contribution in [0.1, 0.15) is 33.1 Å². The van der Waals surface area contributed by atoms with Gasteiger partial charge in [0.05, 0.1) is 5.75 Å². The summed E-state index contributed by atoms with van der Waals surface area (Å²) < 4.78 is 25.4. The first-order valence-corrected chi connectivity index (χ1v) is 6.72. The van der Waals surface area contributed by atoms with Crippen LogP contribution in [-0.2, 0) is 10.0 Å². The molecule has 1 saturated heterocycles. The maximum Gasteiger partial charge on any atom is 0.214 e. The maximum atomic E-state index is 11.9. The predicted molar refractivity (Wildman–Crippen MR) is 57.5 cm³/mol. The monoisotopic (exact) mass is 220 g/mol. The van der Waals surface area contributed by atoms with Crippen molar-refractivity contribution in [3.8, 4) is 0 Å². The highest BCUT2D eigenvalue weighted by Gasteiger charge is 2.39. The quantitative estimate of drug-likeness (QED) is 0.752. The molecule has 4 nitrogen and oxygen atoms in total. The number of nitrogens with two attached hydrogens (primary N) is 1. The molecule has 1 rings (SSSR count). The molecule has 0 aliphatic carbocycles. The summed E-state index contributed by atoms with van der Waals surface area (Å²) in [5.74, 6) is 0.187. The Morgan fingerprint density at radius 2 is 2.07 bits per heavy atom. The van der Waals surface area contributed by atoms with E-state index in [-0.39, 0.29) is 11.3 Å². The highest BCUT2D eigenvalue weighted by Crippen LogP contribution is 2.31. The molecule has 0 bridgehead atoms. The molecule has 5 heteroatoms. The predicted octanol–water partition coefficient (Wildman–Crippen LogP) is 0.539. The number of hydrogen-bond acceptors (Lipinski definition) is 3. The minimum absolute atomic E-state index is 0.187. The van der Waals surface area contributed by atoms with Crippen LogP contribution in [0.15, 0.2) is 0 Å². The first-order chi connectivity index (χ1) is 6.40. The average molecular weight is 220 g/mol. The van der Waals surface area contributed by atoms with Crippen molar-refractivity contribution >= 4 is 10.0 Å². The van der Waals surface area contributed by atoms with E-state index in [9.17, 15) is 8.42 Å². The Hall–Kier alpha value is -0.130. The van der Waals surface area contributed by atoms with Crippen molar-refractivity contribution in [3.05, 3.63) is 0 Å². The molecule has 0 atom stereocenters. The van der Waals surface area contributed by atoms with Crippen LogP contribution in [0.5, 0.6) is 0 Å². The zero-order chi connectivity index (χ0) is 10.8. The lowest BCUT2D eigenvalue weighted by molar-refractivity contribution is 0.291. The van der Waals surface area contributed by atoms with Crippen molar-refractivity contribution in [3.63, 3.8) is 0 Å². The van der Waals surface area contributed by atoms with Gasteiger partial charge < -0.3 is 5.73 Å². The molecule has 0 spiro atoms. The van der Waals surface area contributed by atoms with Crippen molar-refractivity contribution in [2.75, 3.05) is 18.8 Å². The van der Waals surface area contributed by atoms with Crippen molar-refractivity contribution in [2.24, 2.45) is 5.73 Å². The molecule has 1 heterocycles. The van der Waals surface area contributed by atoms with Crippen LogP contribution in [-0.4, -0.2) is 37.1 Å². The second-order valence-corrected chi connectivity index (χ2v) is 6.46. The molecule has 1 aliphatic heterocycles. The van der Waals surface area contributed by atoms with Crippen molar-refractivity contribution in [2.45, 2.75) is 38.6 Å². The fourth-order valence-electron chi connectivity index (χ4n) is 1.97. The molecule has 0 aromatic rings. The van der Waals surface area contributed by atoms with Gasteiger partial charge in [-0.25, -0.2) is 8.42 Å². The Labute approximate surface area is 86.5 Å². The molecular weight excluding hydrogens is 200 g/mol. The minimum atomic E-state index is -3.08. The third kappa shape index (κ3) is 2.46. The maximum absolute atomic E-state index is 11.9. The van der Waals surface area contributed by atoms with Crippen LogP contribution in [0.4, 0.5) is 0 Å². The van der Waals surface area contributed by atoms with Gasteiger partial charge in [-0.15, -0.1) is 0 Å². The minimum Gasteiger partial charge on any atom is -0.330 e. The molecule has 1 aliphatic rings. The zero-order valence-corrected chi connectivity index (χ0v) is 9.81. The van der Waals surface area contributed by atoms with Gasteiger partial charge in [0, 0.05) is 12.1 Å². The second kappa shape index (κ2) is 4.16. The van der Waals surface area contributed by atoms with Crippen LogP contribution >= 0.6 is 0 Å². The van der Waals surface area contributed by atoms with Crippen LogP contribution in [0.3, 0.4) is 0 Å². The summed E-state index contributed by atoms with van der Waals surface area (Å²) >= 11 is 0. The summed E-state index contributed by atoms with van der Waals surface area (Å²) in [4.78, 5) is 0. The van der Waals surface area contributed by atoms with E-state index in [1.54, 1.807) is 4.31 Å². The van der Waals surface area contributed by atoms with Crippen LogP contribution in [0.25, 0.3) is 0 Å². The second-order valence-electron chi connectivity index (χ2n) is 4.45. The van der Waals surface area contributed by atoms with E-state index < -0.39 is 10.0 Å². The SMILES string of the molecule is CC1(C)CCCN1S(=O)(=O)CCCN. The summed E-state index contributed by atoms with van der Waals surface area (Å²) in [6, 6.07) is 0. The van der Waals surface area contributed by atoms with Gasteiger partial charge in [-0.2, -0.15) is 4.31 Å².